The van der Waals surface area contributed by atoms with Crippen molar-refractivity contribution in [1.82, 2.24) is 0 Å². The molecule has 0 saturated heterocycles. The van der Waals surface area contributed by atoms with E-state index in [1.54, 1.807) is 0 Å². The maximum atomic E-state index is 11.0. The van der Waals surface area contributed by atoms with Gasteiger partial charge in [0.1, 0.15) is 0 Å². The van der Waals surface area contributed by atoms with E-state index < -0.39 is 18.0 Å². The van der Waals surface area contributed by atoms with Crippen molar-refractivity contribution in [3.63, 3.8) is 0 Å². The number of carbonyl (C=O) groups is 2. The van der Waals surface area contributed by atoms with E-state index in [9.17, 15) is 9.59 Å². The van der Waals surface area contributed by atoms with Crippen molar-refractivity contribution in [3.05, 3.63) is 35.9 Å². The first-order valence-corrected chi connectivity index (χ1v) is 12.6. The lowest BCUT2D eigenvalue weighted by molar-refractivity contribution is -0.163. The van der Waals surface area contributed by atoms with E-state index in [0.717, 1.165) is 38.9 Å². The Morgan fingerprint density at radius 1 is 0.750 bits per heavy atom. The second-order valence-corrected chi connectivity index (χ2v) is 8.71. The van der Waals surface area contributed by atoms with E-state index in [2.05, 4.69) is 24.3 Å². The number of rotatable bonds is 21. The molecule has 0 radical (unpaired) electrons. The summed E-state index contributed by atoms with van der Waals surface area (Å²) < 4.78 is 10.5. The number of esters is 1. The van der Waals surface area contributed by atoms with Gasteiger partial charge in [-0.2, -0.15) is 0 Å². The average molecular weight is 449 g/mol. The van der Waals surface area contributed by atoms with Crippen LogP contribution >= 0.6 is 0 Å². The molecule has 1 N–H and O–H groups in total. The van der Waals surface area contributed by atoms with E-state index >= 15 is 0 Å². The molecule has 182 valence electrons. The number of hydrogen-bond acceptors (Lipinski definition) is 4. The Hall–Kier alpha value is -1.88. The molecule has 5 nitrogen and oxygen atoms in total. The van der Waals surface area contributed by atoms with Crippen LogP contribution in [0.3, 0.4) is 0 Å². The molecule has 1 unspecified atom stereocenters. The van der Waals surface area contributed by atoms with E-state index in [1.165, 1.54) is 76.7 Å². The Morgan fingerprint density at radius 2 is 1.22 bits per heavy atom. The summed E-state index contributed by atoms with van der Waals surface area (Å²) in [7, 11) is 0. The number of aliphatic carboxylic acids is 1. The van der Waals surface area contributed by atoms with Gasteiger partial charge in [0.05, 0.1) is 6.61 Å². The van der Waals surface area contributed by atoms with Crippen LogP contribution in [-0.4, -0.2) is 29.8 Å². The second kappa shape index (κ2) is 19.8. The van der Waals surface area contributed by atoms with Gasteiger partial charge in [0.25, 0.3) is 0 Å². The van der Waals surface area contributed by atoms with Crippen molar-refractivity contribution in [2.75, 3.05) is 6.61 Å². The predicted octanol–water partition coefficient (Wildman–Crippen LogP) is 7.07. The summed E-state index contributed by atoms with van der Waals surface area (Å²) in [6, 6.07) is 10.3. The third kappa shape index (κ3) is 16.8. The van der Waals surface area contributed by atoms with Crippen molar-refractivity contribution in [2.24, 2.45) is 0 Å². The molecule has 0 bridgehead atoms. The quantitative estimate of drug-likeness (QED) is 0.161. The summed E-state index contributed by atoms with van der Waals surface area (Å²) in [5, 5.41) is 9.01. The fraction of sp³-hybridized carbons (Fsp3) is 0.704. The molecule has 0 aliphatic heterocycles. The highest BCUT2D eigenvalue weighted by Gasteiger charge is 2.19. The smallest absolute Gasteiger partial charge is 0.345 e. The summed E-state index contributed by atoms with van der Waals surface area (Å²) >= 11 is 0. The number of ether oxygens (including phenoxy) is 2. The molecule has 1 aromatic carbocycles. The maximum Gasteiger partial charge on any atom is 0.345 e. The van der Waals surface area contributed by atoms with Gasteiger partial charge in [0.15, 0.2) is 6.10 Å². The first kappa shape index (κ1) is 28.2. The van der Waals surface area contributed by atoms with Gasteiger partial charge in [-0.15, -0.1) is 0 Å². The molecule has 1 aromatic rings. The molecule has 0 amide bonds. The minimum absolute atomic E-state index is 0.412. The molecule has 0 aliphatic carbocycles. The first-order chi connectivity index (χ1) is 15.6. The lowest BCUT2D eigenvalue weighted by Gasteiger charge is -2.11. The highest BCUT2D eigenvalue weighted by Crippen LogP contribution is 2.14. The molecule has 0 saturated carbocycles. The van der Waals surface area contributed by atoms with Gasteiger partial charge in [-0.25, -0.2) is 4.79 Å². The number of carboxylic acids is 1. The summed E-state index contributed by atoms with van der Waals surface area (Å²) in [5.74, 6) is -1.57. The zero-order chi connectivity index (χ0) is 23.3. The van der Waals surface area contributed by atoms with E-state index in [1.807, 2.05) is 6.07 Å². The molecule has 0 heterocycles. The van der Waals surface area contributed by atoms with Crippen LogP contribution in [0.5, 0.6) is 0 Å². The Morgan fingerprint density at radius 3 is 1.69 bits per heavy atom. The van der Waals surface area contributed by atoms with Crippen LogP contribution < -0.4 is 0 Å². The van der Waals surface area contributed by atoms with Gasteiger partial charge >= 0.3 is 11.9 Å². The lowest BCUT2D eigenvalue weighted by Crippen LogP contribution is -2.25. The van der Waals surface area contributed by atoms with Crippen molar-refractivity contribution in [1.29, 1.82) is 0 Å². The minimum atomic E-state index is -1.05. The van der Waals surface area contributed by atoms with Crippen LogP contribution in [-0.2, 0) is 25.7 Å². The van der Waals surface area contributed by atoms with E-state index in [0.29, 0.717) is 6.42 Å². The Labute approximate surface area is 194 Å². The maximum absolute atomic E-state index is 11.0. The monoisotopic (exact) mass is 448 g/mol. The largest absolute Gasteiger partial charge is 0.479 e. The predicted molar refractivity (Wildman–Crippen MR) is 129 cm³/mol. The zero-order valence-corrected chi connectivity index (χ0v) is 20.1. The Bertz CT molecular complexity index is 587. The third-order valence-corrected chi connectivity index (χ3v) is 5.70. The molecule has 5 heteroatoms. The summed E-state index contributed by atoms with van der Waals surface area (Å²) in [4.78, 5) is 21.9. The van der Waals surface area contributed by atoms with Gasteiger partial charge in [-0.1, -0.05) is 107 Å². The van der Waals surface area contributed by atoms with Gasteiger partial charge in [-0.05, 0) is 24.8 Å². The number of carbonyl (C=O) groups excluding carboxylic acids is 1. The van der Waals surface area contributed by atoms with E-state index in [4.69, 9.17) is 14.6 Å². The normalized spacial score (nSPS) is 11.9. The lowest BCUT2D eigenvalue weighted by atomic mass is 10.0. The van der Waals surface area contributed by atoms with Gasteiger partial charge in [0.2, 0.25) is 0 Å². The van der Waals surface area contributed by atoms with Crippen LogP contribution in [0.4, 0.5) is 0 Å². The summed E-state index contributed by atoms with van der Waals surface area (Å²) in [5.41, 5.74) is 1.25. The zero-order valence-electron chi connectivity index (χ0n) is 20.1. The molecular formula is C27H44O5. The van der Waals surface area contributed by atoms with Gasteiger partial charge in [-0.3, -0.25) is 4.79 Å². The second-order valence-electron chi connectivity index (χ2n) is 8.71. The molecule has 1 atom stereocenters. The van der Waals surface area contributed by atoms with Crippen LogP contribution in [0, 0.1) is 0 Å². The van der Waals surface area contributed by atoms with Crippen LogP contribution in [0.15, 0.2) is 30.3 Å². The standard InChI is InChI=1S/C27H44O5/c1-24(28)32-26(27(29)30)21-17-12-10-8-6-4-2-3-5-7-9-11-13-18-22-31-23-25-19-15-14-16-20-25/h14-16,19-20,26H,2-13,17-18,21-23H2,1H3,(H,29,30). The highest BCUT2D eigenvalue weighted by molar-refractivity contribution is 5.76. The van der Waals surface area contributed by atoms with Crippen LogP contribution in [0.1, 0.15) is 109 Å². The van der Waals surface area contributed by atoms with E-state index in [-0.39, 0.29) is 0 Å². The first-order valence-electron chi connectivity index (χ1n) is 12.6. The molecule has 32 heavy (non-hydrogen) atoms. The minimum Gasteiger partial charge on any atom is -0.479 e. The Balaban J connectivity index is 1.76. The highest BCUT2D eigenvalue weighted by atomic mass is 16.6. The molecule has 0 aromatic heterocycles. The molecule has 0 fully saturated rings. The fourth-order valence-electron chi connectivity index (χ4n) is 3.85. The third-order valence-electron chi connectivity index (χ3n) is 5.70. The summed E-state index contributed by atoms with van der Waals surface area (Å²) in [6.07, 6.45) is 16.5. The Kier molecular flexibility index (Phi) is 17.4. The van der Waals surface area contributed by atoms with Crippen molar-refractivity contribution < 1.29 is 24.2 Å². The van der Waals surface area contributed by atoms with Crippen molar-refractivity contribution >= 4 is 11.9 Å². The number of benzene rings is 1. The van der Waals surface area contributed by atoms with Crippen molar-refractivity contribution in [3.8, 4) is 0 Å². The molecular weight excluding hydrogens is 404 g/mol. The summed E-state index contributed by atoms with van der Waals surface area (Å²) in [6.45, 7) is 2.84. The topological polar surface area (TPSA) is 72.8 Å². The van der Waals surface area contributed by atoms with Gasteiger partial charge < -0.3 is 14.6 Å². The van der Waals surface area contributed by atoms with Gasteiger partial charge in [0, 0.05) is 13.5 Å². The molecule has 0 aliphatic rings. The molecule has 0 spiro atoms. The van der Waals surface area contributed by atoms with Crippen molar-refractivity contribution in [2.45, 2.75) is 116 Å². The number of hydrogen-bond donors (Lipinski definition) is 1. The number of unbranched alkanes of at least 4 members (excludes halogenated alkanes) is 13. The fourth-order valence-corrected chi connectivity index (χ4v) is 3.85. The van der Waals surface area contributed by atoms with Crippen LogP contribution in [0.2, 0.25) is 0 Å². The van der Waals surface area contributed by atoms with Crippen LogP contribution in [0.25, 0.3) is 0 Å². The average Bonchev–Trinajstić information content (AvgIpc) is 2.77. The molecule has 1 rings (SSSR count). The number of carboxylic acid groups (broad SMARTS) is 1. The SMILES string of the molecule is CC(=O)OC(CCCCCCCCCCCCCCCCOCc1ccccc1)C(=O)O.